The van der Waals surface area contributed by atoms with Gasteiger partial charge in [-0.25, -0.2) is 4.68 Å². The minimum atomic E-state index is -0.190. The number of halogens is 2. The summed E-state index contributed by atoms with van der Waals surface area (Å²) in [4.78, 5) is 4.30. The van der Waals surface area contributed by atoms with E-state index in [-0.39, 0.29) is 6.04 Å². The first kappa shape index (κ1) is 16.0. The zero-order valence-corrected chi connectivity index (χ0v) is 14.8. The molecular formula is C18H14Cl2N4O. The summed E-state index contributed by atoms with van der Waals surface area (Å²) < 4.78 is 7.11. The molecule has 0 saturated carbocycles. The Hall–Kier alpha value is -2.50. The molecule has 0 saturated heterocycles. The Morgan fingerprint density at radius 2 is 2.04 bits per heavy atom. The van der Waals surface area contributed by atoms with E-state index in [1.807, 2.05) is 36.4 Å². The number of anilines is 1. The average molecular weight is 373 g/mol. The van der Waals surface area contributed by atoms with Gasteiger partial charge in [0.15, 0.2) is 0 Å². The number of hydrogen-bond acceptors (Lipinski definition) is 4. The first-order chi connectivity index (χ1) is 12.2. The van der Waals surface area contributed by atoms with Crippen molar-refractivity contribution >= 4 is 34.8 Å². The van der Waals surface area contributed by atoms with E-state index in [2.05, 4.69) is 21.5 Å². The molecule has 1 aliphatic rings. The van der Waals surface area contributed by atoms with Crippen LogP contribution in [0.1, 0.15) is 17.2 Å². The Bertz CT molecular complexity index is 967. The summed E-state index contributed by atoms with van der Waals surface area (Å²) in [6, 6.07) is 13.1. The fourth-order valence-corrected chi connectivity index (χ4v) is 3.38. The second kappa shape index (κ2) is 6.43. The van der Waals surface area contributed by atoms with E-state index in [0.29, 0.717) is 16.0 Å². The SMILES string of the molecule is COc1cccc(C2=CC(c3ccc(Cl)cc3Cl)n3ncnc3N2)c1. The number of nitrogens with one attached hydrogen (secondary N) is 1. The van der Waals surface area contributed by atoms with Crippen molar-refractivity contribution in [1.29, 1.82) is 0 Å². The molecule has 2 aromatic carbocycles. The van der Waals surface area contributed by atoms with E-state index < -0.39 is 0 Å². The van der Waals surface area contributed by atoms with Gasteiger partial charge in [0, 0.05) is 21.3 Å². The van der Waals surface area contributed by atoms with Crippen LogP contribution in [0.25, 0.3) is 5.70 Å². The van der Waals surface area contributed by atoms with Crippen LogP contribution >= 0.6 is 23.2 Å². The van der Waals surface area contributed by atoms with E-state index in [1.54, 1.807) is 17.9 Å². The van der Waals surface area contributed by atoms with E-state index in [9.17, 15) is 0 Å². The van der Waals surface area contributed by atoms with Crippen LogP contribution in [0, 0.1) is 0 Å². The molecule has 1 aliphatic heterocycles. The maximum Gasteiger partial charge on any atom is 0.226 e. The summed E-state index contributed by atoms with van der Waals surface area (Å²) in [7, 11) is 1.65. The van der Waals surface area contributed by atoms with Crippen LogP contribution < -0.4 is 10.1 Å². The minimum absolute atomic E-state index is 0.190. The average Bonchev–Trinajstić information content (AvgIpc) is 3.10. The van der Waals surface area contributed by atoms with Crippen LogP contribution in [0.4, 0.5) is 5.95 Å². The lowest BCUT2D eigenvalue weighted by atomic mass is 10.0. The van der Waals surface area contributed by atoms with Crippen molar-refractivity contribution in [3.8, 4) is 5.75 Å². The Morgan fingerprint density at radius 3 is 2.84 bits per heavy atom. The molecule has 1 atom stereocenters. The smallest absolute Gasteiger partial charge is 0.226 e. The highest BCUT2D eigenvalue weighted by atomic mass is 35.5. The molecule has 126 valence electrons. The molecule has 0 aliphatic carbocycles. The zero-order valence-electron chi connectivity index (χ0n) is 13.3. The van der Waals surface area contributed by atoms with Crippen molar-refractivity contribution < 1.29 is 4.74 Å². The predicted molar refractivity (Wildman–Crippen MR) is 99.2 cm³/mol. The van der Waals surface area contributed by atoms with E-state index in [0.717, 1.165) is 22.6 Å². The first-order valence-electron chi connectivity index (χ1n) is 7.63. The van der Waals surface area contributed by atoms with Crippen molar-refractivity contribution in [2.24, 2.45) is 0 Å². The molecule has 0 bridgehead atoms. The largest absolute Gasteiger partial charge is 0.497 e. The van der Waals surface area contributed by atoms with E-state index >= 15 is 0 Å². The van der Waals surface area contributed by atoms with Gasteiger partial charge in [-0.3, -0.25) is 0 Å². The monoisotopic (exact) mass is 372 g/mol. The van der Waals surface area contributed by atoms with Crippen LogP contribution in [-0.4, -0.2) is 21.9 Å². The second-order valence-corrected chi connectivity index (χ2v) is 6.42. The molecule has 0 spiro atoms. The van der Waals surface area contributed by atoms with Crippen molar-refractivity contribution in [1.82, 2.24) is 14.8 Å². The van der Waals surface area contributed by atoms with Gasteiger partial charge in [0.1, 0.15) is 18.1 Å². The number of benzene rings is 2. The molecule has 7 heteroatoms. The topological polar surface area (TPSA) is 52.0 Å². The van der Waals surface area contributed by atoms with Gasteiger partial charge in [-0.15, -0.1) is 0 Å². The summed E-state index contributed by atoms with van der Waals surface area (Å²) >= 11 is 12.5. The van der Waals surface area contributed by atoms with Gasteiger partial charge in [-0.2, -0.15) is 10.1 Å². The summed E-state index contributed by atoms with van der Waals surface area (Å²) in [5, 5.41) is 8.80. The van der Waals surface area contributed by atoms with Crippen LogP contribution in [0.5, 0.6) is 5.75 Å². The third kappa shape index (κ3) is 2.97. The third-order valence-electron chi connectivity index (χ3n) is 4.07. The molecule has 2 heterocycles. The number of fused-ring (bicyclic) bond motifs is 1. The van der Waals surface area contributed by atoms with Gasteiger partial charge in [0.2, 0.25) is 5.95 Å². The van der Waals surface area contributed by atoms with Gasteiger partial charge >= 0.3 is 0 Å². The maximum atomic E-state index is 6.42. The Labute approximate surface area is 154 Å². The first-order valence-corrected chi connectivity index (χ1v) is 8.39. The number of nitrogens with zero attached hydrogens (tertiary/aromatic N) is 3. The number of allylic oxidation sites excluding steroid dienone is 1. The van der Waals surface area contributed by atoms with Crippen molar-refractivity contribution in [3.05, 3.63) is 76.0 Å². The Kier molecular flexibility index (Phi) is 4.11. The maximum absolute atomic E-state index is 6.42. The molecule has 1 unspecified atom stereocenters. The summed E-state index contributed by atoms with van der Waals surface area (Å²) in [5.41, 5.74) is 2.80. The number of hydrogen-bond donors (Lipinski definition) is 1. The number of rotatable bonds is 3. The highest BCUT2D eigenvalue weighted by molar-refractivity contribution is 6.35. The van der Waals surface area contributed by atoms with Crippen LogP contribution in [0.3, 0.4) is 0 Å². The molecule has 1 aromatic heterocycles. The van der Waals surface area contributed by atoms with E-state index in [4.69, 9.17) is 27.9 Å². The van der Waals surface area contributed by atoms with Crippen LogP contribution in [0.2, 0.25) is 10.0 Å². The van der Waals surface area contributed by atoms with Gasteiger partial charge in [-0.1, -0.05) is 41.4 Å². The van der Waals surface area contributed by atoms with Crippen molar-refractivity contribution in [2.75, 3.05) is 12.4 Å². The van der Waals surface area contributed by atoms with Gasteiger partial charge in [-0.05, 0) is 35.9 Å². The molecule has 0 radical (unpaired) electrons. The minimum Gasteiger partial charge on any atom is -0.497 e. The standard InChI is InChI=1S/C18H14Cl2N4O/c1-25-13-4-2-3-11(7-13)16-9-17(24-18(23-16)21-10-22-24)14-6-5-12(19)8-15(14)20/h2-10,17H,1H3,(H,21,22,23). The zero-order chi connectivity index (χ0) is 17.4. The lowest BCUT2D eigenvalue weighted by Gasteiger charge is -2.25. The molecule has 4 rings (SSSR count). The Morgan fingerprint density at radius 1 is 1.16 bits per heavy atom. The van der Waals surface area contributed by atoms with Gasteiger partial charge < -0.3 is 10.1 Å². The van der Waals surface area contributed by atoms with Crippen molar-refractivity contribution in [3.63, 3.8) is 0 Å². The normalized spacial score (nSPS) is 16.0. The third-order valence-corrected chi connectivity index (χ3v) is 4.63. The quantitative estimate of drug-likeness (QED) is 0.726. The van der Waals surface area contributed by atoms with Crippen LogP contribution in [-0.2, 0) is 0 Å². The van der Waals surface area contributed by atoms with Crippen LogP contribution in [0.15, 0.2) is 54.9 Å². The molecule has 0 amide bonds. The summed E-state index contributed by atoms with van der Waals surface area (Å²) in [6.45, 7) is 0. The van der Waals surface area contributed by atoms with Gasteiger partial charge in [0.05, 0.1) is 7.11 Å². The number of methoxy groups -OCH3 is 1. The fourth-order valence-electron chi connectivity index (χ4n) is 2.86. The summed E-state index contributed by atoms with van der Waals surface area (Å²) in [5.74, 6) is 1.43. The lowest BCUT2D eigenvalue weighted by molar-refractivity contribution is 0.414. The number of ether oxygens (including phenoxy) is 1. The highest BCUT2D eigenvalue weighted by Crippen LogP contribution is 2.36. The predicted octanol–water partition coefficient (Wildman–Crippen LogP) is 4.65. The molecule has 25 heavy (non-hydrogen) atoms. The molecule has 5 nitrogen and oxygen atoms in total. The second-order valence-electron chi connectivity index (χ2n) is 5.58. The molecule has 0 fully saturated rings. The molecule has 3 aromatic rings. The summed E-state index contributed by atoms with van der Waals surface area (Å²) in [6.07, 6.45) is 3.58. The highest BCUT2D eigenvalue weighted by Gasteiger charge is 2.25. The lowest BCUT2D eigenvalue weighted by Crippen LogP contribution is -2.20. The van der Waals surface area contributed by atoms with E-state index in [1.165, 1.54) is 6.33 Å². The molecular weight excluding hydrogens is 359 g/mol. The Balaban J connectivity index is 1.83. The molecule has 1 N–H and O–H groups in total. The number of aromatic nitrogens is 3. The fraction of sp³-hybridized carbons (Fsp3) is 0.111. The van der Waals surface area contributed by atoms with Gasteiger partial charge in [0.25, 0.3) is 0 Å². The van der Waals surface area contributed by atoms with Crippen molar-refractivity contribution in [2.45, 2.75) is 6.04 Å².